The highest BCUT2D eigenvalue weighted by atomic mass is 35.5. The summed E-state index contributed by atoms with van der Waals surface area (Å²) < 4.78 is 5.59. The van der Waals surface area contributed by atoms with Crippen molar-refractivity contribution in [2.45, 2.75) is 20.3 Å². The number of nitrogens with one attached hydrogen (secondary N) is 1. The summed E-state index contributed by atoms with van der Waals surface area (Å²) in [5.74, 6) is 0.440. The van der Waals surface area contributed by atoms with E-state index in [9.17, 15) is 9.59 Å². The molecule has 0 aliphatic rings. The molecule has 1 N–H and O–H groups in total. The molecule has 2 amide bonds. The van der Waals surface area contributed by atoms with Crippen molar-refractivity contribution in [3.63, 3.8) is 0 Å². The molecule has 0 radical (unpaired) electrons. The predicted octanol–water partition coefficient (Wildman–Crippen LogP) is 3.45. The Bertz CT molecular complexity index is 747. The van der Waals surface area contributed by atoms with E-state index in [-0.39, 0.29) is 18.2 Å². The van der Waals surface area contributed by atoms with E-state index in [0.29, 0.717) is 36.2 Å². The summed E-state index contributed by atoms with van der Waals surface area (Å²) in [5, 5.41) is 3.48. The van der Waals surface area contributed by atoms with Crippen molar-refractivity contribution < 1.29 is 14.3 Å². The van der Waals surface area contributed by atoms with Gasteiger partial charge >= 0.3 is 0 Å². The topological polar surface area (TPSA) is 58.6 Å². The van der Waals surface area contributed by atoms with Crippen molar-refractivity contribution in [2.24, 2.45) is 0 Å². The van der Waals surface area contributed by atoms with Crippen LogP contribution in [0.15, 0.2) is 48.5 Å². The SMILES string of the molecule is CCOc1ccccc1N(CCNC(=O)Cc1ccc(Cl)cc1)C(C)=O. The number of amides is 2. The molecule has 0 fully saturated rings. The maximum absolute atomic E-state index is 12.1. The van der Waals surface area contributed by atoms with E-state index in [4.69, 9.17) is 16.3 Å². The van der Waals surface area contributed by atoms with Crippen LogP contribution in [0.1, 0.15) is 19.4 Å². The minimum absolute atomic E-state index is 0.103. The summed E-state index contributed by atoms with van der Waals surface area (Å²) in [7, 11) is 0. The molecule has 2 aromatic carbocycles. The summed E-state index contributed by atoms with van der Waals surface area (Å²) in [6.45, 7) is 4.63. The minimum atomic E-state index is -0.107. The fourth-order valence-electron chi connectivity index (χ4n) is 2.56. The lowest BCUT2D eigenvalue weighted by Gasteiger charge is -2.23. The number of rotatable bonds is 8. The molecule has 2 rings (SSSR count). The summed E-state index contributed by atoms with van der Waals surface area (Å²) in [5.41, 5.74) is 1.59. The molecule has 6 heteroatoms. The first-order valence-corrected chi connectivity index (χ1v) is 8.90. The van der Waals surface area contributed by atoms with E-state index in [0.717, 1.165) is 5.56 Å². The first-order chi connectivity index (χ1) is 12.5. The van der Waals surface area contributed by atoms with Gasteiger partial charge in [0, 0.05) is 25.0 Å². The first-order valence-electron chi connectivity index (χ1n) is 8.52. The highest BCUT2D eigenvalue weighted by Gasteiger charge is 2.16. The molecular weight excluding hydrogens is 352 g/mol. The molecule has 0 atom stereocenters. The second-order valence-corrected chi connectivity index (χ2v) is 6.16. The highest BCUT2D eigenvalue weighted by molar-refractivity contribution is 6.30. The Morgan fingerprint density at radius 3 is 2.46 bits per heavy atom. The smallest absolute Gasteiger partial charge is 0.224 e. The highest BCUT2D eigenvalue weighted by Crippen LogP contribution is 2.27. The quantitative estimate of drug-likeness (QED) is 0.769. The molecular formula is C20H23ClN2O3. The molecule has 26 heavy (non-hydrogen) atoms. The third-order valence-corrected chi connectivity index (χ3v) is 4.02. The van der Waals surface area contributed by atoms with Gasteiger partial charge in [0.25, 0.3) is 0 Å². The number of carbonyl (C=O) groups excluding carboxylic acids is 2. The van der Waals surface area contributed by atoms with Crippen molar-refractivity contribution in [2.75, 3.05) is 24.6 Å². The van der Waals surface area contributed by atoms with E-state index in [1.165, 1.54) is 6.92 Å². The van der Waals surface area contributed by atoms with Crippen LogP contribution in [0.3, 0.4) is 0 Å². The minimum Gasteiger partial charge on any atom is -0.492 e. The van der Waals surface area contributed by atoms with Gasteiger partial charge in [-0.15, -0.1) is 0 Å². The zero-order valence-electron chi connectivity index (χ0n) is 15.0. The summed E-state index contributed by atoms with van der Waals surface area (Å²) in [6, 6.07) is 14.5. The number of anilines is 1. The predicted molar refractivity (Wildman–Crippen MR) is 104 cm³/mol. The molecule has 5 nitrogen and oxygen atoms in total. The number of hydrogen-bond donors (Lipinski definition) is 1. The lowest BCUT2D eigenvalue weighted by atomic mass is 10.1. The van der Waals surface area contributed by atoms with Gasteiger partial charge in [-0.05, 0) is 36.8 Å². The fraction of sp³-hybridized carbons (Fsp3) is 0.300. The Balaban J connectivity index is 1.93. The van der Waals surface area contributed by atoms with Crippen LogP contribution in [0, 0.1) is 0 Å². The average molecular weight is 375 g/mol. The number of nitrogens with zero attached hydrogens (tertiary/aromatic N) is 1. The molecule has 0 saturated heterocycles. The zero-order valence-corrected chi connectivity index (χ0v) is 15.8. The van der Waals surface area contributed by atoms with E-state index in [1.807, 2.05) is 43.3 Å². The summed E-state index contributed by atoms with van der Waals surface area (Å²) >= 11 is 5.84. The second-order valence-electron chi connectivity index (χ2n) is 5.72. The van der Waals surface area contributed by atoms with Crippen LogP contribution in [0.4, 0.5) is 5.69 Å². The number of halogens is 1. The van der Waals surface area contributed by atoms with Crippen LogP contribution < -0.4 is 15.0 Å². The van der Waals surface area contributed by atoms with Gasteiger partial charge in [0.05, 0.1) is 18.7 Å². The van der Waals surface area contributed by atoms with Gasteiger partial charge in [0.15, 0.2) is 0 Å². The molecule has 0 aliphatic carbocycles. The van der Waals surface area contributed by atoms with Crippen LogP contribution >= 0.6 is 11.6 Å². The van der Waals surface area contributed by atoms with E-state index >= 15 is 0 Å². The van der Waals surface area contributed by atoms with E-state index in [1.54, 1.807) is 17.0 Å². The maximum Gasteiger partial charge on any atom is 0.224 e. The average Bonchev–Trinajstić information content (AvgIpc) is 2.61. The molecule has 138 valence electrons. The van der Waals surface area contributed by atoms with Gasteiger partial charge in [-0.3, -0.25) is 9.59 Å². The Labute approximate surface area is 158 Å². The molecule has 0 aromatic heterocycles. The molecule has 0 saturated carbocycles. The summed E-state index contributed by atoms with van der Waals surface area (Å²) in [4.78, 5) is 25.7. The second kappa shape index (κ2) is 9.82. The van der Waals surface area contributed by atoms with Crippen LogP contribution in [0.25, 0.3) is 0 Å². The zero-order chi connectivity index (χ0) is 18.9. The molecule has 0 spiro atoms. The van der Waals surface area contributed by atoms with Crippen molar-refractivity contribution in [3.8, 4) is 5.75 Å². The molecule has 2 aromatic rings. The standard InChI is InChI=1S/C20H23ClN2O3/c1-3-26-19-7-5-4-6-18(19)23(15(2)24)13-12-22-20(25)14-16-8-10-17(21)11-9-16/h4-11H,3,12-14H2,1-2H3,(H,22,25). The van der Waals surface area contributed by atoms with Crippen LogP contribution in [0.2, 0.25) is 5.02 Å². The monoisotopic (exact) mass is 374 g/mol. The fourth-order valence-corrected chi connectivity index (χ4v) is 2.69. The third kappa shape index (κ3) is 5.77. The van der Waals surface area contributed by atoms with Gasteiger partial charge in [0.2, 0.25) is 11.8 Å². The van der Waals surface area contributed by atoms with Crippen molar-refractivity contribution >= 4 is 29.1 Å². The lowest BCUT2D eigenvalue weighted by molar-refractivity contribution is -0.121. The van der Waals surface area contributed by atoms with Gasteiger partial charge < -0.3 is 15.0 Å². The third-order valence-electron chi connectivity index (χ3n) is 3.77. The van der Waals surface area contributed by atoms with Gasteiger partial charge in [-0.1, -0.05) is 35.9 Å². The number of carbonyl (C=O) groups is 2. The van der Waals surface area contributed by atoms with Gasteiger partial charge in [-0.25, -0.2) is 0 Å². The van der Waals surface area contributed by atoms with Crippen LogP contribution in [0.5, 0.6) is 5.75 Å². The largest absolute Gasteiger partial charge is 0.492 e. The normalized spacial score (nSPS) is 10.3. The summed E-state index contributed by atoms with van der Waals surface area (Å²) in [6.07, 6.45) is 0.271. The van der Waals surface area contributed by atoms with Crippen molar-refractivity contribution in [1.82, 2.24) is 5.32 Å². The van der Waals surface area contributed by atoms with Gasteiger partial charge in [0.1, 0.15) is 5.75 Å². The van der Waals surface area contributed by atoms with Crippen molar-refractivity contribution in [3.05, 3.63) is 59.1 Å². The molecule has 0 unspecified atom stereocenters. The number of ether oxygens (including phenoxy) is 1. The molecule has 0 aliphatic heterocycles. The van der Waals surface area contributed by atoms with E-state index in [2.05, 4.69) is 5.32 Å². The maximum atomic E-state index is 12.1. The lowest BCUT2D eigenvalue weighted by Crippen LogP contribution is -2.38. The number of hydrogen-bond acceptors (Lipinski definition) is 3. The Morgan fingerprint density at radius 1 is 1.12 bits per heavy atom. The van der Waals surface area contributed by atoms with E-state index < -0.39 is 0 Å². The van der Waals surface area contributed by atoms with Crippen molar-refractivity contribution in [1.29, 1.82) is 0 Å². The first kappa shape index (κ1) is 19.8. The molecule has 0 heterocycles. The van der Waals surface area contributed by atoms with Crippen LogP contribution in [-0.2, 0) is 16.0 Å². The van der Waals surface area contributed by atoms with Crippen LogP contribution in [-0.4, -0.2) is 31.5 Å². The number of benzene rings is 2. The Morgan fingerprint density at radius 2 is 1.81 bits per heavy atom. The van der Waals surface area contributed by atoms with Gasteiger partial charge in [-0.2, -0.15) is 0 Å². The number of para-hydroxylation sites is 2. The Kier molecular flexibility index (Phi) is 7.48. The Hall–Kier alpha value is -2.53. The molecule has 0 bridgehead atoms.